The molecule has 1 aliphatic heterocycles. The van der Waals surface area contributed by atoms with Crippen molar-refractivity contribution in [3.63, 3.8) is 0 Å². The molecule has 1 fully saturated rings. The normalized spacial score (nSPS) is 23.3. The third kappa shape index (κ3) is 3.76. The molecule has 0 aromatic rings. The quantitative estimate of drug-likeness (QED) is 0.715. The van der Waals surface area contributed by atoms with Gasteiger partial charge < -0.3 is 10.1 Å². The van der Waals surface area contributed by atoms with Crippen LogP contribution in [0.15, 0.2) is 0 Å². The molecule has 0 bridgehead atoms. The van der Waals surface area contributed by atoms with Crippen molar-refractivity contribution in [2.45, 2.75) is 31.8 Å². The van der Waals surface area contributed by atoms with Crippen LogP contribution in [0.2, 0.25) is 0 Å². The summed E-state index contributed by atoms with van der Waals surface area (Å²) in [5.41, 5.74) is -0.662. The molecule has 106 valence electrons. The minimum Gasteiger partial charge on any atom is -0.468 e. The van der Waals surface area contributed by atoms with Gasteiger partial charge in [-0.25, -0.2) is 0 Å². The number of methoxy groups -OCH3 is 1. The molecule has 0 aromatic carbocycles. The van der Waals surface area contributed by atoms with Crippen molar-refractivity contribution in [3.05, 3.63) is 0 Å². The third-order valence-corrected chi connectivity index (χ3v) is 5.00. The number of rotatable bonds is 5. The monoisotopic (exact) mass is 276 g/mol. The molecule has 1 saturated heterocycles. The number of hydrogen-bond donors (Lipinski definition) is 1. The molecule has 1 aliphatic rings. The summed E-state index contributed by atoms with van der Waals surface area (Å²) in [4.78, 5) is 14.1. The van der Waals surface area contributed by atoms with Gasteiger partial charge >= 0.3 is 5.97 Å². The van der Waals surface area contributed by atoms with Gasteiger partial charge in [0.2, 0.25) is 0 Å². The van der Waals surface area contributed by atoms with Gasteiger partial charge in [-0.2, -0.15) is 0 Å². The van der Waals surface area contributed by atoms with Crippen LogP contribution in [-0.2, 0) is 20.3 Å². The van der Waals surface area contributed by atoms with Crippen LogP contribution in [0.25, 0.3) is 0 Å². The summed E-state index contributed by atoms with van der Waals surface area (Å²) in [5, 5.41) is 3.05. The highest BCUT2D eigenvalue weighted by Gasteiger charge is 2.36. The Morgan fingerprint density at radius 1 is 1.50 bits per heavy atom. The Hall–Kier alpha value is -0.460. The van der Waals surface area contributed by atoms with E-state index in [9.17, 15) is 9.00 Å². The zero-order chi connectivity index (χ0) is 13.8. The maximum atomic E-state index is 11.8. The summed E-state index contributed by atoms with van der Waals surface area (Å²) in [5.74, 6) is 1.23. The molecule has 18 heavy (non-hydrogen) atoms. The molecular weight excluding hydrogens is 252 g/mol. The molecule has 1 rings (SSSR count). The number of ether oxygens (including phenoxy) is 1. The van der Waals surface area contributed by atoms with Gasteiger partial charge in [0.05, 0.1) is 7.11 Å². The standard InChI is InChI=1S/C12H24N2O3S/c1-10(14-5-7-18(16)8-6-14)9-12(2,13-3)11(15)17-4/h10,13H,5-9H2,1-4H3. The zero-order valence-corrected chi connectivity index (χ0v) is 12.5. The summed E-state index contributed by atoms with van der Waals surface area (Å²) in [6.07, 6.45) is 0.683. The van der Waals surface area contributed by atoms with Crippen LogP contribution in [0, 0.1) is 0 Å². The average molecular weight is 276 g/mol. The van der Waals surface area contributed by atoms with E-state index >= 15 is 0 Å². The van der Waals surface area contributed by atoms with Crippen LogP contribution in [0.1, 0.15) is 20.3 Å². The molecule has 0 saturated carbocycles. The van der Waals surface area contributed by atoms with Gasteiger partial charge in [-0.1, -0.05) is 0 Å². The van der Waals surface area contributed by atoms with E-state index in [0.29, 0.717) is 6.42 Å². The van der Waals surface area contributed by atoms with Crippen LogP contribution in [0.3, 0.4) is 0 Å². The summed E-state index contributed by atoms with van der Waals surface area (Å²) in [6, 6.07) is 0.263. The van der Waals surface area contributed by atoms with E-state index in [0.717, 1.165) is 24.6 Å². The van der Waals surface area contributed by atoms with Crippen molar-refractivity contribution in [2.75, 3.05) is 38.8 Å². The van der Waals surface area contributed by atoms with Crippen molar-refractivity contribution >= 4 is 16.8 Å². The van der Waals surface area contributed by atoms with Crippen LogP contribution >= 0.6 is 0 Å². The Labute approximate surface area is 112 Å². The first-order chi connectivity index (χ1) is 8.42. The fourth-order valence-electron chi connectivity index (χ4n) is 2.33. The number of nitrogens with one attached hydrogen (secondary N) is 1. The molecule has 0 aliphatic carbocycles. The zero-order valence-electron chi connectivity index (χ0n) is 11.7. The predicted octanol–water partition coefficient (Wildman–Crippen LogP) is -0.0196. The fraction of sp³-hybridized carbons (Fsp3) is 0.917. The summed E-state index contributed by atoms with van der Waals surface area (Å²) in [7, 11) is 2.52. The average Bonchev–Trinajstić information content (AvgIpc) is 2.38. The Balaban J connectivity index is 2.59. The van der Waals surface area contributed by atoms with Gasteiger partial charge in [-0.05, 0) is 27.3 Å². The van der Waals surface area contributed by atoms with Crippen molar-refractivity contribution in [1.29, 1.82) is 0 Å². The number of nitrogens with zero attached hydrogens (tertiary/aromatic N) is 1. The number of hydrogen-bond acceptors (Lipinski definition) is 5. The van der Waals surface area contributed by atoms with E-state index in [-0.39, 0.29) is 12.0 Å². The van der Waals surface area contributed by atoms with Crippen molar-refractivity contribution < 1.29 is 13.7 Å². The molecule has 5 nitrogen and oxygen atoms in total. The first-order valence-corrected chi connectivity index (χ1v) is 7.78. The van der Waals surface area contributed by atoms with E-state index in [2.05, 4.69) is 17.1 Å². The lowest BCUT2D eigenvalue weighted by atomic mass is 9.93. The van der Waals surface area contributed by atoms with Gasteiger partial charge in [0.15, 0.2) is 0 Å². The largest absolute Gasteiger partial charge is 0.468 e. The van der Waals surface area contributed by atoms with Crippen LogP contribution in [0.5, 0.6) is 0 Å². The van der Waals surface area contributed by atoms with Gasteiger partial charge in [0.1, 0.15) is 5.54 Å². The van der Waals surface area contributed by atoms with Gasteiger partial charge in [-0.15, -0.1) is 0 Å². The Morgan fingerprint density at radius 2 is 2.06 bits per heavy atom. The highest BCUT2D eigenvalue weighted by Crippen LogP contribution is 2.18. The van der Waals surface area contributed by atoms with E-state index in [1.54, 1.807) is 7.05 Å². The first-order valence-electron chi connectivity index (χ1n) is 6.29. The molecule has 6 heteroatoms. The Kier molecular flexibility index (Phi) is 5.75. The van der Waals surface area contributed by atoms with E-state index in [1.807, 2.05) is 6.92 Å². The molecular formula is C12H24N2O3S. The SMILES string of the molecule is CNC(C)(CC(C)N1CCS(=O)CC1)C(=O)OC. The van der Waals surface area contributed by atoms with Crippen molar-refractivity contribution in [1.82, 2.24) is 10.2 Å². The summed E-state index contributed by atoms with van der Waals surface area (Å²) >= 11 is 0. The number of likely N-dealkylation sites (N-methyl/N-ethyl adjacent to an activating group) is 1. The van der Waals surface area contributed by atoms with Crippen LogP contribution in [0.4, 0.5) is 0 Å². The van der Waals surface area contributed by atoms with Gasteiger partial charge in [0, 0.05) is 41.4 Å². The second-order valence-corrected chi connectivity index (χ2v) is 6.71. The van der Waals surface area contributed by atoms with Crippen LogP contribution in [-0.4, -0.2) is 65.4 Å². The molecule has 1 heterocycles. The van der Waals surface area contributed by atoms with E-state index in [4.69, 9.17) is 4.74 Å². The molecule has 0 amide bonds. The fourth-order valence-corrected chi connectivity index (χ4v) is 3.41. The Bertz CT molecular complexity index is 314. The predicted molar refractivity (Wildman–Crippen MR) is 73.0 cm³/mol. The second-order valence-electron chi connectivity index (χ2n) is 5.01. The first kappa shape index (κ1) is 15.6. The highest BCUT2D eigenvalue weighted by atomic mass is 32.2. The second kappa shape index (κ2) is 6.63. The number of carbonyl (C=O) groups is 1. The smallest absolute Gasteiger partial charge is 0.325 e. The number of carbonyl (C=O) groups excluding carboxylic acids is 1. The molecule has 0 spiro atoms. The molecule has 0 aromatic heterocycles. The minimum absolute atomic E-state index is 0.238. The van der Waals surface area contributed by atoms with Gasteiger partial charge in [0.25, 0.3) is 0 Å². The van der Waals surface area contributed by atoms with Gasteiger partial charge in [-0.3, -0.25) is 13.9 Å². The maximum Gasteiger partial charge on any atom is 0.325 e. The summed E-state index contributed by atoms with van der Waals surface area (Å²) in [6.45, 7) is 5.65. The molecule has 2 unspecified atom stereocenters. The molecule has 0 radical (unpaired) electrons. The third-order valence-electron chi connectivity index (χ3n) is 3.73. The Morgan fingerprint density at radius 3 is 2.50 bits per heavy atom. The minimum atomic E-state index is -0.662. The van der Waals surface area contributed by atoms with Crippen molar-refractivity contribution in [3.8, 4) is 0 Å². The topological polar surface area (TPSA) is 58.6 Å². The summed E-state index contributed by atoms with van der Waals surface area (Å²) < 4.78 is 16.2. The molecule has 2 atom stereocenters. The van der Waals surface area contributed by atoms with E-state index < -0.39 is 16.3 Å². The number of esters is 1. The lowest BCUT2D eigenvalue weighted by Gasteiger charge is -2.36. The lowest BCUT2D eigenvalue weighted by Crippen LogP contribution is -2.54. The lowest BCUT2D eigenvalue weighted by molar-refractivity contribution is -0.148. The maximum absolute atomic E-state index is 11.8. The van der Waals surface area contributed by atoms with E-state index in [1.165, 1.54) is 7.11 Å². The highest BCUT2D eigenvalue weighted by molar-refractivity contribution is 7.85. The van der Waals surface area contributed by atoms with Crippen molar-refractivity contribution in [2.24, 2.45) is 0 Å². The molecule has 1 N–H and O–H groups in total. The van der Waals surface area contributed by atoms with Crippen LogP contribution < -0.4 is 5.32 Å².